The molecule has 0 fully saturated rings. The van der Waals surface area contributed by atoms with E-state index in [0.717, 1.165) is 32.3 Å². The van der Waals surface area contributed by atoms with Crippen LogP contribution in [-0.2, 0) is 11.3 Å². The highest BCUT2D eigenvalue weighted by atomic mass is 35.5. The fraction of sp³-hybridized carbons (Fsp3) is 0.227. The number of benzene rings is 2. The lowest BCUT2D eigenvalue weighted by molar-refractivity contribution is -0.120. The zero-order valence-corrected chi connectivity index (χ0v) is 17.2. The lowest BCUT2D eigenvalue weighted by atomic mass is 10.1. The van der Waals surface area contributed by atoms with Crippen LogP contribution in [0.5, 0.6) is 5.75 Å². The molecule has 3 nitrogen and oxygen atoms in total. The molecule has 1 aromatic heterocycles. The molecule has 27 heavy (non-hydrogen) atoms. The Balaban J connectivity index is 1.77. The van der Waals surface area contributed by atoms with Gasteiger partial charge in [-0.25, -0.2) is 0 Å². The zero-order chi connectivity index (χ0) is 19.4. The van der Waals surface area contributed by atoms with E-state index in [1.165, 1.54) is 0 Å². The van der Waals surface area contributed by atoms with Crippen LogP contribution >= 0.6 is 22.9 Å². The number of thiophene rings is 1. The molecule has 0 saturated heterocycles. The number of amides is 1. The van der Waals surface area contributed by atoms with Gasteiger partial charge >= 0.3 is 0 Å². The Kier molecular flexibility index (Phi) is 6.19. The van der Waals surface area contributed by atoms with Crippen LogP contribution < -0.4 is 9.64 Å². The van der Waals surface area contributed by atoms with Crippen molar-refractivity contribution >= 4 is 34.5 Å². The lowest BCUT2D eigenvalue weighted by Crippen LogP contribution is -2.34. The number of hydrogen-bond donors (Lipinski definition) is 0. The number of carbonyl (C=O) groups excluding carboxylic acids is 1. The predicted octanol–water partition coefficient (Wildman–Crippen LogP) is 5.94. The van der Waals surface area contributed by atoms with Crippen LogP contribution in [0.25, 0.3) is 0 Å². The molecule has 0 atom stereocenters. The second-order valence-corrected chi connectivity index (χ2v) is 7.96. The molecule has 0 unspecified atom stereocenters. The SMILES string of the molecule is Cc1ccc(N(Cc2cccs2)C(=O)COc2cc(C)c(Cl)c(C)c2)cc1. The molecule has 3 rings (SSSR count). The number of rotatable bonds is 6. The maximum absolute atomic E-state index is 12.9. The topological polar surface area (TPSA) is 29.5 Å². The molecule has 0 bridgehead atoms. The second kappa shape index (κ2) is 8.59. The third kappa shape index (κ3) is 4.90. The molecule has 0 saturated carbocycles. The highest BCUT2D eigenvalue weighted by Gasteiger charge is 2.18. The highest BCUT2D eigenvalue weighted by molar-refractivity contribution is 7.09. The molecule has 2 aromatic carbocycles. The predicted molar refractivity (Wildman–Crippen MR) is 113 cm³/mol. The van der Waals surface area contributed by atoms with Crippen molar-refractivity contribution in [1.82, 2.24) is 0 Å². The average Bonchev–Trinajstić information content (AvgIpc) is 3.16. The van der Waals surface area contributed by atoms with E-state index in [1.54, 1.807) is 16.2 Å². The molecule has 0 aliphatic carbocycles. The molecule has 140 valence electrons. The molecular formula is C22H22ClNO2S. The van der Waals surface area contributed by atoms with E-state index in [4.69, 9.17) is 16.3 Å². The summed E-state index contributed by atoms with van der Waals surface area (Å²) in [6, 6.07) is 15.7. The Morgan fingerprint density at radius 3 is 2.33 bits per heavy atom. The number of carbonyl (C=O) groups is 1. The molecule has 0 N–H and O–H groups in total. The van der Waals surface area contributed by atoms with Gasteiger partial charge in [0.2, 0.25) is 0 Å². The summed E-state index contributed by atoms with van der Waals surface area (Å²) < 4.78 is 5.78. The first-order chi connectivity index (χ1) is 12.9. The average molecular weight is 400 g/mol. The molecule has 1 heterocycles. The Morgan fingerprint density at radius 1 is 1.07 bits per heavy atom. The van der Waals surface area contributed by atoms with E-state index in [-0.39, 0.29) is 12.5 Å². The third-order valence-electron chi connectivity index (χ3n) is 4.31. The van der Waals surface area contributed by atoms with Crippen molar-refractivity contribution in [2.75, 3.05) is 11.5 Å². The van der Waals surface area contributed by atoms with Crippen LogP contribution in [-0.4, -0.2) is 12.5 Å². The first-order valence-electron chi connectivity index (χ1n) is 8.73. The quantitative estimate of drug-likeness (QED) is 0.513. The molecule has 3 aromatic rings. The van der Waals surface area contributed by atoms with Gasteiger partial charge in [0, 0.05) is 15.6 Å². The van der Waals surface area contributed by atoms with Gasteiger partial charge in [0.1, 0.15) is 5.75 Å². The maximum atomic E-state index is 12.9. The van der Waals surface area contributed by atoms with E-state index >= 15 is 0 Å². The van der Waals surface area contributed by atoms with Crippen molar-refractivity contribution in [3.05, 3.63) is 80.5 Å². The van der Waals surface area contributed by atoms with Crippen LogP contribution in [0.3, 0.4) is 0 Å². The monoisotopic (exact) mass is 399 g/mol. The van der Waals surface area contributed by atoms with Crippen LogP contribution in [0.15, 0.2) is 53.9 Å². The minimum Gasteiger partial charge on any atom is -0.484 e. The fourth-order valence-corrected chi connectivity index (χ4v) is 3.62. The van der Waals surface area contributed by atoms with E-state index < -0.39 is 0 Å². The molecule has 0 spiro atoms. The van der Waals surface area contributed by atoms with Gasteiger partial charge in [-0.05, 0) is 67.6 Å². The van der Waals surface area contributed by atoms with Gasteiger partial charge in [-0.2, -0.15) is 0 Å². The number of hydrogen-bond acceptors (Lipinski definition) is 3. The summed E-state index contributed by atoms with van der Waals surface area (Å²) in [7, 11) is 0. The molecule has 0 radical (unpaired) electrons. The minimum absolute atomic E-state index is 0.0280. The van der Waals surface area contributed by atoms with Gasteiger partial charge in [-0.1, -0.05) is 35.4 Å². The molecule has 1 amide bonds. The van der Waals surface area contributed by atoms with Crippen molar-refractivity contribution in [2.45, 2.75) is 27.3 Å². The molecule has 0 aliphatic rings. The van der Waals surface area contributed by atoms with Gasteiger partial charge in [0.05, 0.1) is 6.54 Å². The summed E-state index contributed by atoms with van der Waals surface area (Å²) in [5.41, 5.74) is 3.90. The van der Waals surface area contributed by atoms with Crippen molar-refractivity contribution in [2.24, 2.45) is 0 Å². The van der Waals surface area contributed by atoms with Gasteiger partial charge < -0.3 is 9.64 Å². The summed E-state index contributed by atoms with van der Waals surface area (Å²) >= 11 is 7.84. The second-order valence-electron chi connectivity index (χ2n) is 6.55. The van der Waals surface area contributed by atoms with Crippen LogP contribution in [0.4, 0.5) is 5.69 Å². The number of ether oxygens (including phenoxy) is 1. The number of nitrogens with zero attached hydrogens (tertiary/aromatic N) is 1. The van der Waals surface area contributed by atoms with Gasteiger partial charge in [-0.3, -0.25) is 4.79 Å². The molecule has 5 heteroatoms. The van der Waals surface area contributed by atoms with Gasteiger partial charge in [0.15, 0.2) is 6.61 Å². The fourth-order valence-electron chi connectivity index (χ4n) is 2.82. The Morgan fingerprint density at radius 2 is 1.74 bits per heavy atom. The summed E-state index contributed by atoms with van der Waals surface area (Å²) in [5.74, 6) is 0.570. The lowest BCUT2D eigenvalue weighted by Gasteiger charge is -2.23. The van der Waals surface area contributed by atoms with E-state index in [2.05, 4.69) is 0 Å². The molecule has 0 aliphatic heterocycles. The third-order valence-corrected chi connectivity index (χ3v) is 5.77. The summed E-state index contributed by atoms with van der Waals surface area (Å²) in [4.78, 5) is 15.8. The van der Waals surface area contributed by atoms with E-state index in [9.17, 15) is 4.79 Å². The van der Waals surface area contributed by atoms with Crippen LogP contribution in [0, 0.1) is 20.8 Å². The summed E-state index contributed by atoms with van der Waals surface area (Å²) in [6.45, 7) is 6.39. The smallest absolute Gasteiger partial charge is 0.265 e. The highest BCUT2D eigenvalue weighted by Crippen LogP contribution is 2.26. The van der Waals surface area contributed by atoms with Crippen molar-refractivity contribution in [1.29, 1.82) is 0 Å². The molecular weight excluding hydrogens is 378 g/mol. The first kappa shape index (κ1) is 19.5. The number of anilines is 1. The Labute approximate surface area is 169 Å². The van der Waals surface area contributed by atoms with Gasteiger partial charge in [-0.15, -0.1) is 11.3 Å². The van der Waals surface area contributed by atoms with E-state index in [0.29, 0.717) is 12.3 Å². The Hall–Kier alpha value is -2.30. The number of halogens is 1. The van der Waals surface area contributed by atoms with Crippen molar-refractivity contribution in [3.63, 3.8) is 0 Å². The van der Waals surface area contributed by atoms with Crippen molar-refractivity contribution in [3.8, 4) is 5.75 Å². The zero-order valence-electron chi connectivity index (χ0n) is 15.7. The normalized spacial score (nSPS) is 10.7. The standard InChI is InChI=1S/C22H22ClNO2S/c1-15-6-8-18(9-7-15)24(13-20-5-4-10-27-20)21(25)14-26-19-11-16(2)22(23)17(3)12-19/h4-12H,13-14H2,1-3H3. The minimum atomic E-state index is -0.0856. The van der Waals surface area contributed by atoms with E-state index in [1.807, 2.05) is 74.7 Å². The summed E-state index contributed by atoms with van der Waals surface area (Å²) in [5, 5.41) is 2.75. The Bertz CT molecular complexity index is 897. The first-order valence-corrected chi connectivity index (χ1v) is 9.99. The number of aryl methyl sites for hydroxylation is 3. The van der Waals surface area contributed by atoms with Crippen LogP contribution in [0.1, 0.15) is 21.6 Å². The summed E-state index contributed by atoms with van der Waals surface area (Å²) in [6.07, 6.45) is 0. The van der Waals surface area contributed by atoms with Gasteiger partial charge in [0.25, 0.3) is 5.91 Å². The maximum Gasteiger partial charge on any atom is 0.265 e. The largest absolute Gasteiger partial charge is 0.484 e. The van der Waals surface area contributed by atoms with Crippen molar-refractivity contribution < 1.29 is 9.53 Å². The van der Waals surface area contributed by atoms with Crippen LogP contribution in [0.2, 0.25) is 5.02 Å².